The van der Waals surface area contributed by atoms with Crippen LogP contribution in [0.3, 0.4) is 0 Å². The molecular formula is C14H20O5. The maximum atomic E-state index is 11.5. The molecule has 0 spiro atoms. The highest BCUT2D eigenvalue weighted by atomic mass is 16.6. The van der Waals surface area contributed by atoms with Gasteiger partial charge < -0.3 is 14.2 Å². The third-order valence-electron chi connectivity index (χ3n) is 2.76. The first-order valence-corrected chi connectivity index (χ1v) is 6.31. The monoisotopic (exact) mass is 268 g/mol. The highest BCUT2D eigenvalue weighted by Gasteiger charge is 2.23. The summed E-state index contributed by atoms with van der Waals surface area (Å²) in [5, 5.41) is 0. The molecule has 1 heterocycles. The van der Waals surface area contributed by atoms with Crippen molar-refractivity contribution in [3.63, 3.8) is 0 Å². The molecule has 1 aliphatic rings. The summed E-state index contributed by atoms with van der Waals surface area (Å²) in [7, 11) is 0. The Labute approximate surface area is 113 Å². The molecule has 1 rings (SSSR count). The Balaban J connectivity index is 2.08. The number of hydrogen-bond donors (Lipinski definition) is 0. The lowest BCUT2D eigenvalue weighted by atomic mass is 10.1. The van der Waals surface area contributed by atoms with Gasteiger partial charge in [-0.1, -0.05) is 12.7 Å². The minimum absolute atomic E-state index is 0.0422. The average Bonchev–Trinajstić information content (AvgIpc) is 3.23. The fourth-order valence-corrected chi connectivity index (χ4v) is 1.27. The molecule has 0 amide bonds. The summed E-state index contributed by atoms with van der Waals surface area (Å²) in [6.45, 7) is 7.94. The van der Waals surface area contributed by atoms with Crippen LogP contribution < -0.4 is 0 Å². The molecule has 0 saturated carbocycles. The average molecular weight is 268 g/mol. The molecule has 1 unspecified atom stereocenters. The molecule has 0 aromatic heterocycles. The standard InChI is InChI=1S/C14H20O5/c1-4-10(2)13(15)17-7-8-18-14(16)11(3)5-6-12-9-19-12/h4,12H,3,5-9H2,1-2H3. The number of carbonyl (C=O) groups is 2. The van der Waals surface area contributed by atoms with Crippen LogP contribution in [0.4, 0.5) is 0 Å². The fraction of sp³-hybridized carbons (Fsp3) is 0.571. The quantitative estimate of drug-likeness (QED) is 0.290. The van der Waals surface area contributed by atoms with Crippen LogP contribution in [-0.4, -0.2) is 37.9 Å². The van der Waals surface area contributed by atoms with Gasteiger partial charge in [-0.2, -0.15) is 0 Å². The number of carbonyl (C=O) groups excluding carboxylic acids is 2. The third-order valence-corrected chi connectivity index (χ3v) is 2.76. The van der Waals surface area contributed by atoms with Crippen molar-refractivity contribution in [3.8, 4) is 0 Å². The van der Waals surface area contributed by atoms with E-state index in [0.29, 0.717) is 17.6 Å². The lowest BCUT2D eigenvalue weighted by molar-refractivity contribution is -0.147. The van der Waals surface area contributed by atoms with Gasteiger partial charge in [-0.05, 0) is 26.7 Å². The Morgan fingerprint density at radius 2 is 1.89 bits per heavy atom. The molecule has 0 aromatic rings. The van der Waals surface area contributed by atoms with E-state index in [1.54, 1.807) is 19.9 Å². The van der Waals surface area contributed by atoms with Gasteiger partial charge in [-0.15, -0.1) is 0 Å². The Morgan fingerprint density at radius 1 is 1.32 bits per heavy atom. The van der Waals surface area contributed by atoms with Crippen LogP contribution in [0.15, 0.2) is 23.8 Å². The SMILES string of the molecule is C=C(CCC1CO1)C(=O)OCCOC(=O)C(C)=CC. The first kappa shape index (κ1) is 15.4. The van der Waals surface area contributed by atoms with Crippen LogP contribution in [-0.2, 0) is 23.8 Å². The maximum Gasteiger partial charge on any atom is 0.333 e. The summed E-state index contributed by atoms with van der Waals surface area (Å²) < 4.78 is 14.9. The van der Waals surface area contributed by atoms with Gasteiger partial charge in [0.25, 0.3) is 0 Å². The second-order valence-corrected chi connectivity index (χ2v) is 4.34. The van der Waals surface area contributed by atoms with E-state index < -0.39 is 11.9 Å². The minimum Gasteiger partial charge on any atom is -0.459 e. The van der Waals surface area contributed by atoms with Crippen LogP contribution in [0.1, 0.15) is 26.7 Å². The summed E-state index contributed by atoms with van der Waals surface area (Å²) in [5.74, 6) is -0.845. The molecule has 0 aliphatic carbocycles. The normalized spacial score (nSPS) is 17.8. The number of allylic oxidation sites excluding steroid dienone is 1. The van der Waals surface area contributed by atoms with Crippen molar-refractivity contribution in [2.45, 2.75) is 32.8 Å². The lowest BCUT2D eigenvalue weighted by Gasteiger charge is -2.07. The maximum absolute atomic E-state index is 11.5. The van der Waals surface area contributed by atoms with Crippen LogP contribution >= 0.6 is 0 Å². The van der Waals surface area contributed by atoms with E-state index in [1.807, 2.05) is 0 Å². The molecule has 5 nitrogen and oxygen atoms in total. The molecule has 106 valence electrons. The van der Waals surface area contributed by atoms with Crippen LogP contribution in [0, 0.1) is 0 Å². The van der Waals surface area contributed by atoms with Crippen molar-refractivity contribution >= 4 is 11.9 Å². The largest absolute Gasteiger partial charge is 0.459 e. The van der Waals surface area contributed by atoms with Crippen molar-refractivity contribution in [2.24, 2.45) is 0 Å². The van der Waals surface area contributed by atoms with Gasteiger partial charge in [-0.25, -0.2) is 9.59 Å². The van der Waals surface area contributed by atoms with Gasteiger partial charge in [0.15, 0.2) is 0 Å². The molecule has 1 aliphatic heterocycles. The van der Waals surface area contributed by atoms with Gasteiger partial charge >= 0.3 is 11.9 Å². The number of ether oxygens (including phenoxy) is 3. The summed E-state index contributed by atoms with van der Waals surface area (Å²) in [5.41, 5.74) is 0.951. The minimum atomic E-state index is -0.445. The van der Waals surface area contributed by atoms with Gasteiger partial charge in [0.2, 0.25) is 0 Å². The predicted molar refractivity (Wildman–Crippen MR) is 69.5 cm³/mol. The van der Waals surface area contributed by atoms with Crippen LogP contribution in [0.25, 0.3) is 0 Å². The number of rotatable bonds is 8. The van der Waals surface area contributed by atoms with E-state index in [9.17, 15) is 9.59 Å². The summed E-state index contributed by atoms with van der Waals surface area (Å²) in [6.07, 6.45) is 3.30. The summed E-state index contributed by atoms with van der Waals surface area (Å²) in [6, 6.07) is 0. The van der Waals surface area contributed by atoms with Crippen LogP contribution in [0.2, 0.25) is 0 Å². The Morgan fingerprint density at radius 3 is 2.42 bits per heavy atom. The van der Waals surface area contributed by atoms with Crippen molar-refractivity contribution in [2.75, 3.05) is 19.8 Å². The number of hydrogen-bond acceptors (Lipinski definition) is 5. The zero-order chi connectivity index (χ0) is 14.3. The van der Waals surface area contributed by atoms with E-state index in [4.69, 9.17) is 14.2 Å². The summed E-state index contributed by atoms with van der Waals surface area (Å²) in [4.78, 5) is 22.8. The summed E-state index contributed by atoms with van der Waals surface area (Å²) >= 11 is 0. The van der Waals surface area contributed by atoms with Gasteiger partial charge in [-0.3, -0.25) is 0 Å². The smallest absolute Gasteiger partial charge is 0.333 e. The van der Waals surface area contributed by atoms with Crippen molar-refractivity contribution in [3.05, 3.63) is 23.8 Å². The van der Waals surface area contributed by atoms with Crippen molar-refractivity contribution in [1.82, 2.24) is 0 Å². The molecule has 0 radical (unpaired) electrons. The van der Waals surface area contributed by atoms with E-state index >= 15 is 0 Å². The topological polar surface area (TPSA) is 65.1 Å². The third kappa shape index (κ3) is 6.20. The fourth-order valence-electron chi connectivity index (χ4n) is 1.27. The van der Waals surface area contributed by atoms with E-state index in [-0.39, 0.29) is 19.3 Å². The van der Waals surface area contributed by atoms with Gasteiger partial charge in [0.1, 0.15) is 13.2 Å². The highest BCUT2D eigenvalue weighted by Crippen LogP contribution is 2.18. The molecule has 1 saturated heterocycles. The first-order valence-electron chi connectivity index (χ1n) is 6.31. The van der Waals surface area contributed by atoms with E-state index in [2.05, 4.69) is 6.58 Å². The van der Waals surface area contributed by atoms with Crippen molar-refractivity contribution in [1.29, 1.82) is 0 Å². The number of esters is 2. The van der Waals surface area contributed by atoms with Crippen LogP contribution in [0.5, 0.6) is 0 Å². The Kier molecular flexibility index (Phi) is 6.29. The zero-order valence-electron chi connectivity index (χ0n) is 11.4. The molecular weight excluding hydrogens is 248 g/mol. The molecule has 0 bridgehead atoms. The molecule has 19 heavy (non-hydrogen) atoms. The number of epoxide rings is 1. The molecule has 1 atom stereocenters. The first-order chi connectivity index (χ1) is 9.04. The van der Waals surface area contributed by atoms with E-state index in [0.717, 1.165) is 13.0 Å². The second-order valence-electron chi connectivity index (χ2n) is 4.34. The zero-order valence-corrected chi connectivity index (χ0v) is 11.4. The molecule has 0 N–H and O–H groups in total. The molecule has 1 fully saturated rings. The van der Waals surface area contributed by atoms with Gasteiger partial charge in [0, 0.05) is 11.1 Å². The van der Waals surface area contributed by atoms with Gasteiger partial charge in [0.05, 0.1) is 12.7 Å². The Hall–Kier alpha value is -1.62. The highest BCUT2D eigenvalue weighted by molar-refractivity contribution is 5.88. The van der Waals surface area contributed by atoms with E-state index in [1.165, 1.54) is 0 Å². The molecule has 0 aromatic carbocycles. The Bertz CT molecular complexity index is 379. The lowest BCUT2D eigenvalue weighted by Crippen LogP contribution is -2.15. The predicted octanol–water partition coefficient (Wildman–Crippen LogP) is 1.77. The molecule has 5 heteroatoms. The van der Waals surface area contributed by atoms with Crippen molar-refractivity contribution < 1.29 is 23.8 Å². The second kappa shape index (κ2) is 7.74.